The minimum Gasteiger partial charge on any atom is -0.481 e. The zero-order valence-electron chi connectivity index (χ0n) is 10.2. The Bertz CT molecular complexity index is 318. The second-order valence-electron chi connectivity index (χ2n) is 5.13. The van der Waals surface area contributed by atoms with E-state index in [1.807, 2.05) is 0 Å². The fraction of sp³-hybridized carbons (Fsp3) is 0.833. The number of rotatable bonds is 3. The molecule has 1 amide bonds. The summed E-state index contributed by atoms with van der Waals surface area (Å²) in [6.07, 6.45) is 2.59. The second kappa shape index (κ2) is 4.64. The average molecular weight is 240 g/mol. The smallest absolute Gasteiger partial charge is 0.310 e. The Morgan fingerprint density at radius 1 is 1.35 bits per heavy atom. The summed E-state index contributed by atoms with van der Waals surface area (Å²) in [5.41, 5.74) is -0.241. The lowest BCUT2D eigenvalue weighted by atomic mass is 9.74. The Kier molecular flexibility index (Phi) is 3.38. The predicted molar refractivity (Wildman–Crippen MR) is 62.5 cm³/mol. The number of nitrogens with one attached hydrogen (secondary N) is 1. The summed E-state index contributed by atoms with van der Waals surface area (Å²) < 4.78 is 0. The number of carbonyl (C=O) groups is 2. The number of amides is 1. The molecule has 5 heteroatoms. The van der Waals surface area contributed by atoms with Crippen LogP contribution in [0.2, 0.25) is 0 Å². The molecule has 0 radical (unpaired) electrons. The fourth-order valence-electron chi connectivity index (χ4n) is 2.76. The summed E-state index contributed by atoms with van der Waals surface area (Å²) in [6.45, 7) is 4.61. The highest BCUT2D eigenvalue weighted by atomic mass is 16.4. The SMILES string of the molecule is CCC1(C(=O)N2CC(C(=O)O)C2)CCNCC1. The van der Waals surface area contributed by atoms with E-state index in [1.165, 1.54) is 0 Å². The molecule has 17 heavy (non-hydrogen) atoms. The van der Waals surface area contributed by atoms with E-state index in [4.69, 9.17) is 5.11 Å². The average Bonchev–Trinajstić information content (AvgIpc) is 2.27. The van der Waals surface area contributed by atoms with Crippen LogP contribution in [0.25, 0.3) is 0 Å². The normalized spacial score (nSPS) is 24.2. The number of aliphatic carboxylic acids is 1. The number of piperidine rings is 1. The molecule has 0 bridgehead atoms. The summed E-state index contributed by atoms with van der Waals surface area (Å²) in [7, 11) is 0. The Morgan fingerprint density at radius 2 is 1.94 bits per heavy atom. The molecule has 2 fully saturated rings. The van der Waals surface area contributed by atoms with E-state index in [1.54, 1.807) is 4.90 Å². The number of carbonyl (C=O) groups excluding carboxylic acids is 1. The van der Waals surface area contributed by atoms with E-state index in [9.17, 15) is 9.59 Å². The quantitative estimate of drug-likeness (QED) is 0.745. The summed E-state index contributed by atoms with van der Waals surface area (Å²) in [6, 6.07) is 0. The maximum atomic E-state index is 12.4. The molecule has 0 aromatic heterocycles. The van der Waals surface area contributed by atoms with Crippen molar-refractivity contribution >= 4 is 11.9 Å². The van der Waals surface area contributed by atoms with Crippen molar-refractivity contribution in [2.75, 3.05) is 26.2 Å². The molecule has 2 heterocycles. The molecule has 0 saturated carbocycles. The van der Waals surface area contributed by atoms with Gasteiger partial charge in [-0.15, -0.1) is 0 Å². The van der Waals surface area contributed by atoms with Crippen molar-refractivity contribution in [3.8, 4) is 0 Å². The fourth-order valence-corrected chi connectivity index (χ4v) is 2.76. The van der Waals surface area contributed by atoms with Gasteiger partial charge in [0.25, 0.3) is 0 Å². The highest BCUT2D eigenvalue weighted by molar-refractivity contribution is 5.85. The summed E-state index contributed by atoms with van der Waals surface area (Å²) >= 11 is 0. The van der Waals surface area contributed by atoms with Gasteiger partial charge in [-0.1, -0.05) is 6.92 Å². The lowest BCUT2D eigenvalue weighted by Crippen LogP contribution is -2.58. The number of carboxylic acids is 1. The lowest BCUT2D eigenvalue weighted by molar-refractivity contribution is -0.159. The summed E-state index contributed by atoms with van der Waals surface area (Å²) in [5, 5.41) is 12.1. The molecule has 2 saturated heterocycles. The van der Waals surface area contributed by atoms with Crippen molar-refractivity contribution in [3.05, 3.63) is 0 Å². The summed E-state index contributed by atoms with van der Waals surface area (Å²) in [4.78, 5) is 24.9. The highest BCUT2D eigenvalue weighted by Gasteiger charge is 2.45. The van der Waals surface area contributed by atoms with Crippen LogP contribution in [0.4, 0.5) is 0 Å². The molecule has 96 valence electrons. The van der Waals surface area contributed by atoms with Crippen LogP contribution in [0.3, 0.4) is 0 Å². The van der Waals surface area contributed by atoms with Gasteiger partial charge in [0, 0.05) is 13.1 Å². The summed E-state index contributed by atoms with van der Waals surface area (Å²) in [5.74, 6) is -0.974. The van der Waals surface area contributed by atoms with Crippen LogP contribution in [-0.2, 0) is 9.59 Å². The molecule has 2 aliphatic heterocycles. The monoisotopic (exact) mass is 240 g/mol. The van der Waals surface area contributed by atoms with Crippen LogP contribution in [-0.4, -0.2) is 48.1 Å². The van der Waals surface area contributed by atoms with Gasteiger partial charge in [0.05, 0.1) is 11.3 Å². The van der Waals surface area contributed by atoms with E-state index >= 15 is 0 Å². The first-order valence-corrected chi connectivity index (χ1v) is 6.32. The van der Waals surface area contributed by atoms with Gasteiger partial charge >= 0.3 is 5.97 Å². The first-order chi connectivity index (χ1) is 8.09. The van der Waals surface area contributed by atoms with E-state index in [0.717, 1.165) is 32.4 Å². The Labute approximate surface area is 101 Å². The molecular weight excluding hydrogens is 220 g/mol. The zero-order chi connectivity index (χ0) is 12.5. The largest absolute Gasteiger partial charge is 0.481 e. The van der Waals surface area contributed by atoms with E-state index in [-0.39, 0.29) is 17.2 Å². The van der Waals surface area contributed by atoms with Gasteiger partial charge in [0.2, 0.25) is 5.91 Å². The minimum atomic E-state index is -0.787. The molecule has 0 unspecified atom stereocenters. The molecule has 0 aromatic carbocycles. The number of nitrogens with zero attached hydrogens (tertiary/aromatic N) is 1. The Morgan fingerprint density at radius 3 is 2.41 bits per heavy atom. The van der Waals surface area contributed by atoms with Crippen LogP contribution in [0.1, 0.15) is 26.2 Å². The molecule has 0 aliphatic carbocycles. The van der Waals surface area contributed by atoms with Gasteiger partial charge in [-0.2, -0.15) is 0 Å². The molecule has 5 nitrogen and oxygen atoms in total. The van der Waals surface area contributed by atoms with Crippen LogP contribution in [0.15, 0.2) is 0 Å². The van der Waals surface area contributed by atoms with E-state index in [0.29, 0.717) is 13.1 Å². The van der Waals surface area contributed by atoms with Gasteiger partial charge in [-0.25, -0.2) is 0 Å². The van der Waals surface area contributed by atoms with Crippen molar-refractivity contribution in [2.45, 2.75) is 26.2 Å². The molecule has 2 aliphatic rings. The van der Waals surface area contributed by atoms with E-state index < -0.39 is 5.97 Å². The first kappa shape index (κ1) is 12.4. The van der Waals surface area contributed by atoms with Crippen LogP contribution in [0.5, 0.6) is 0 Å². The van der Waals surface area contributed by atoms with E-state index in [2.05, 4.69) is 12.2 Å². The highest BCUT2D eigenvalue weighted by Crippen LogP contribution is 2.36. The standard InChI is InChI=1S/C12H20N2O3/c1-2-12(3-5-13-6-4-12)11(17)14-7-9(8-14)10(15)16/h9,13H,2-8H2,1H3,(H,15,16). The van der Waals surface area contributed by atoms with Crippen molar-refractivity contribution < 1.29 is 14.7 Å². The molecule has 0 atom stereocenters. The Hall–Kier alpha value is -1.10. The second-order valence-corrected chi connectivity index (χ2v) is 5.13. The third kappa shape index (κ3) is 2.16. The van der Waals surface area contributed by atoms with Crippen molar-refractivity contribution in [1.82, 2.24) is 10.2 Å². The van der Waals surface area contributed by atoms with Crippen LogP contribution < -0.4 is 5.32 Å². The number of hydrogen-bond acceptors (Lipinski definition) is 3. The maximum Gasteiger partial charge on any atom is 0.310 e. The van der Waals surface area contributed by atoms with Crippen molar-refractivity contribution in [2.24, 2.45) is 11.3 Å². The van der Waals surface area contributed by atoms with Gasteiger partial charge in [0.15, 0.2) is 0 Å². The van der Waals surface area contributed by atoms with Crippen LogP contribution >= 0.6 is 0 Å². The molecule has 2 N–H and O–H groups in total. The van der Waals surface area contributed by atoms with Gasteiger partial charge in [-0.3, -0.25) is 9.59 Å². The minimum absolute atomic E-state index is 0.166. The molecule has 0 aromatic rings. The molecule has 0 spiro atoms. The number of hydrogen-bond donors (Lipinski definition) is 2. The van der Waals surface area contributed by atoms with Gasteiger partial charge in [-0.05, 0) is 32.4 Å². The molecular formula is C12H20N2O3. The van der Waals surface area contributed by atoms with Crippen molar-refractivity contribution in [1.29, 1.82) is 0 Å². The lowest BCUT2D eigenvalue weighted by Gasteiger charge is -2.45. The van der Waals surface area contributed by atoms with Crippen molar-refractivity contribution in [3.63, 3.8) is 0 Å². The predicted octanol–water partition coefficient (Wildman–Crippen LogP) is 0.309. The third-order valence-corrected chi connectivity index (χ3v) is 4.21. The number of likely N-dealkylation sites (tertiary alicyclic amines) is 1. The maximum absolute atomic E-state index is 12.4. The Balaban J connectivity index is 1.97. The van der Waals surface area contributed by atoms with Crippen LogP contribution in [0, 0.1) is 11.3 Å². The number of carboxylic acid groups (broad SMARTS) is 1. The topological polar surface area (TPSA) is 69.6 Å². The third-order valence-electron chi connectivity index (χ3n) is 4.21. The van der Waals surface area contributed by atoms with Gasteiger partial charge in [0.1, 0.15) is 0 Å². The zero-order valence-corrected chi connectivity index (χ0v) is 10.2. The first-order valence-electron chi connectivity index (χ1n) is 6.32. The van der Waals surface area contributed by atoms with Gasteiger partial charge < -0.3 is 15.3 Å². The molecule has 2 rings (SSSR count).